The highest BCUT2D eigenvalue weighted by atomic mass is 16.7. The normalized spacial score (nSPS) is 17.9. The van der Waals surface area contributed by atoms with Crippen LogP contribution < -0.4 is 5.56 Å². The van der Waals surface area contributed by atoms with Gasteiger partial charge < -0.3 is 18.9 Å². The van der Waals surface area contributed by atoms with Crippen LogP contribution in [0.15, 0.2) is 51.8 Å². The Morgan fingerprint density at radius 1 is 1.03 bits per heavy atom. The van der Waals surface area contributed by atoms with E-state index in [1.807, 2.05) is 30.3 Å². The van der Waals surface area contributed by atoms with Gasteiger partial charge in [-0.15, -0.1) is 0 Å². The van der Waals surface area contributed by atoms with Crippen LogP contribution in [-0.2, 0) is 16.0 Å². The summed E-state index contributed by atoms with van der Waals surface area (Å²) < 4.78 is 17.8. The molecular weight excluding hydrogens is 402 g/mol. The van der Waals surface area contributed by atoms with Gasteiger partial charge in [0.25, 0.3) is 5.56 Å². The monoisotopic (exact) mass is 423 g/mol. The van der Waals surface area contributed by atoms with E-state index in [9.17, 15) is 9.59 Å². The zero-order chi connectivity index (χ0) is 21.3. The van der Waals surface area contributed by atoms with Crippen LogP contribution >= 0.6 is 0 Å². The van der Waals surface area contributed by atoms with Crippen molar-refractivity contribution in [3.63, 3.8) is 0 Å². The second kappa shape index (κ2) is 8.05. The highest BCUT2D eigenvalue weighted by Crippen LogP contribution is 2.31. The van der Waals surface area contributed by atoms with Gasteiger partial charge in [-0.05, 0) is 6.07 Å². The number of aromatic nitrogens is 4. The number of hydrogen-bond donors (Lipinski definition) is 0. The highest BCUT2D eigenvalue weighted by molar-refractivity contribution is 5.89. The maximum atomic E-state index is 12.7. The number of hydrogen-bond acceptors (Lipinski definition) is 8. The molecule has 0 saturated carbocycles. The van der Waals surface area contributed by atoms with Crippen molar-refractivity contribution < 1.29 is 18.8 Å². The third kappa shape index (κ3) is 3.99. The molecular formula is C21H21N5O5. The van der Waals surface area contributed by atoms with Crippen molar-refractivity contribution in [1.29, 1.82) is 0 Å². The summed E-state index contributed by atoms with van der Waals surface area (Å²) in [5.41, 5.74) is 1.24. The van der Waals surface area contributed by atoms with Crippen LogP contribution in [0.3, 0.4) is 0 Å². The number of nitrogens with zero attached hydrogens (tertiary/aromatic N) is 5. The standard InChI is InChI=1S/C21H21N5O5/c27-18-7-6-16(15-4-2-1-3-5-15)23-26(18)14-17-22-19(31-24-17)20(28)25-10-8-21(9-11-25)29-12-13-30-21/h1-7H,8-14H2. The summed E-state index contributed by atoms with van der Waals surface area (Å²) in [5.74, 6) is -0.802. The zero-order valence-corrected chi connectivity index (χ0v) is 16.8. The first-order valence-electron chi connectivity index (χ1n) is 10.2. The molecule has 0 atom stereocenters. The second-order valence-corrected chi connectivity index (χ2v) is 7.50. The van der Waals surface area contributed by atoms with Crippen molar-refractivity contribution in [2.24, 2.45) is 0 Å². The van der Waals surface area contributed by atoms with E-state index >= 15 is 0 Å². The van der Waals surface area contributed by atoms with Crippen molar-refractivity contribution in [3.8, 4) is 11.3 Å². The molecule has 0 aliphatic carbocycles. The summed E-state index contributed by atoms with van der Waals surface area (Å²) in [5, 5.41) is 8.24. The molecule has 5 rings (SSSR count). The van der Waals surface area contributed by atoms with Crippen LogP contribution in [0.1, 0.15) is 29.4 Å². The van der Waals surface area contributed by atoms with E-state index in [1.54, 1.807) is 11.0 Å². The summed E-state index contributed by atoms with van der Waals surface area (Å²) in [6.07, 6.45) is 1.21. The average molecular weight is 423 g/mol. The number of benzene rings is 1. The molecule has 4 heterocycles. The Morgan fingerprint density at radius 2 is 1.77 bits per heavy atom. The first-order chi connectivity index (χ1) is 15.1. The van der Waals surface area contributed by atoms with Crippen LogP contribution in [0.2, 0.25) is 0 Å². The molecule has 31 heavy (non-hydrogen) atoms. The number of likely N-dealkylation sites (tertiary alicyclic amines) is 1. The SMILES string of the molecule is O=C(c1nc(Cn2nc(-c3ccccc3)ccc2=O)no1)N1CCC2(CC1)OCCO2. The Kier molecular flexibility index (Phi) is 5.08. The maximum absolute atomic E-state index is 12.7. The van der Waals surface area contributed by atoms with Crippen LogP contribution in [0.4, 0.5) is 0 Å². The topological polar surface area (TPSA) is 113 Å². The van der Waals surface area contributed by atoms with Crippen molar-refractivity contribution in [3.05, 3.63) is 64.5 Å². The molecule has 10 nitrogen and oxygen atoms in total. The smallest absolute Gasteiger partial charge is 0.316 e. The Balaban J connectivity index is 1.28. The largest absolute Gasteiger partial charge is 0.347 e. The highest BCUT2D eigenvalue weighted by Gasteiger charge is 2.41. The van der Waals surface area contributed by atoms with E-state index in [4.69, 9.17) is 14.0 Å². The average Bonchev–Trinajstić information content (AvgIpc) is 3.46. The van der Waals surface area contributed by atoms with Crippen molar-refractivity contribution >= 4 is 5.91 Å². The molecule has 0 unspecified atom stereocenters. The van der Waals surface area contributed by atoms with Gasteiger partial charge in [-0.25, -0.2) is 4.68 Å². The van der Waals surface area contributed by atoms with Crippen LogP contribution in [0, 0.1) is 0 Å². The molecule has 2 fully saturated rings. The summed E-state index contributed by atoms with van der Waals surface area (Å²) in [4.78, 5) is 30.8. The summed E-state index contributed by atoms with van der Waals surface area (Å²) in [6.45, 7) is 2.13. The zero-order valence-electron chi connectivity index (χ0n) is 16.8. The van der Waals surface area contributed by atoms with Gasteiger partial charge in [-0.2, -0.15) is 10.1 Å². The van der Waals surface area contributed by atoms with Crippen molar-refractivity contribution in [2.45, 2.75) is 25.2 Å². The summed E-state index contributed by atoms with van der Waals surface area (Å²) >= 11 is 0. The van der Waals surface area contributed by atoms with Crippen molar-refractivity contribution in [2.75, 3.05) is 26.3 Å². The quantitative estimate of drug-likeness (QED) is 0.618. The predicted octanol–water partition coefficient (Wildman–Crippen LogP) is 1.32. The van der Waals surface area contributed by atoms with E-state index in [0.29, 0.717) is 44.8 Å². The van der Waals surface area contributed by atoms with Gasteiger partial charge in [0.1, 0.15) is 6.54 Å². The molecule has 1 aromatic carbocycles. The van der Waals surface area contributed by atoms with Crippen LogP contribution in [-0.4, -0.2) is 62.8 Å². The molecule has 10 heteroatoms. The molecule has 2 aliphatic rings. The lowest BCUT2D eigenvalue weighted by Gasteiger charge is -2.36. The molecule has 2 saturated heterocycles. The van der Waals surface area contributed by atoms with Crippen LogP contribution in [0.5, 0.6) is 0 Å². The van der Waals surface area contributed by atoms with Gasteiger partial charge in [-0.1, -0.05) is 35.5 Å². The lowest BCUT2D eigenvalue weighted by molar-refractivity contribution is -0.181. The molecule has 1 spiro atoms. The number of ether oxygens (including phenoxy) is 2. The molecule has 3 aromatic rings. The molecule has 2 aromatic heterocycles. The molecule has 0 bridgehead atoms. The van der Waals surface area contributed by atoms with Gasteiger partial charge >= 0.3 is 11.8 Å². The lowest BCUT2D eigenvalue weighted by Crippen LogP contribution is -2.47. The summed E-state index contributed by atoms with van der Waals surface area (Å²) in [6, 6.07) is 12.6. The Labute approximate surface area is 177 Å². The van der Waals surface area contributed by atoms with E-state index in [1.165, 1.54) is 10.7 Å². The van der Waals surface area contributed by atoms with Gasteiger partial charge in [0, 0.05) is 37.6 Å². The Morgan fingerprint density at radius 3 is 2.52 bits per heavy atom. The van der Waals surface area contributed by atoms with Gasteiger partial charge in [-0.3, -0.25) is 9.59 Å². The number of rotatable bonds is 4. The minimum Gasteiger partial charge on any atom is -0.347 e. The van der Waals surface area contributed by atoms with Crippen molar-refractivity contribution in [1.82, 2.24) is 24.8 Å². The molecule has 0 N–H and O–H groups in total. The number of amides is 1. The van der Waals surface area contributed by atoms with Gasteiger partial charge in [0.05, 0.1) is 18.9 Å². The van der Waals surface area contributed by atoms with Gasteiger partial charge in [0.15, 0.2) is 11.6 Å². The fourth-order valence-corrected chi connectivity index (χ4v) is 3.84. The lowest BCUT2D eigenvalue weighted by atomic mass is 10.0. The Bertz CT molecular complexity index is 1130. The first-order valence-corrected chi connectivity index (χ1v) is 10.2. The molecule has 1 amide bonds. The number of piperidine rings is 1. The second-order valence-electron chi connectivity index (χ2n) is 7.50. The number of carbonyl (C=O) groups excluding carboxylic acids is 1. The van der Waals surface area contributed by atoms with Crippen LogP contribution in [0.25, 0.3) is 11.3 Å². The van der Waals surface area contributed by atoms with E-state index < -0.39 is 5.79 Å². The third-order valence-corrected chi connectivity index (χ3v) is 5.50. The molecule has 0 radical (unpaired) electrons. The van der Waals surface area contributed by atoms with E-state index in [2.05, 4.69) is 15.2 Å². The Hall–Kier alpha value is -3.37. The third-order valence-electron chi connectivity index (χ3n) is 5.50. The molecule has 2 aliphatic heterocycles. The predicted molar refractivity (Wildman–Crippen MR) is 107 cm³/mol. The minimum absolute atomic E-state index is 0.00107. The fourth-order valence-electron chi connectivity index (χ4n) is 3.84. The first kappa shape index (κ1) is 19.6. The van der Waals surface area contributed by atoms with E-state index in [0.717, 1.165) is 5.56 Å². The molecule has 160 valence electrons. The summed E-state index contributed by atoms with van der Waals surface area (Å²) in [7, 11) is 0. The van der Waals surface area contributed by atoms with Gasteiger partial charge in [0.2, 0.25) is 0 Å². The fraction of sp³-hybridized carbons (Fsp3) is 0.381. The maximum Gasteiger partial charge on any atom is 0.316 e. The minimum atomic E-state index is -0.562. The number of carbonyl (C=O) groups is 1. The van der Waals surface area contributed by atoms with E-state index in [-0.39, 0.29) is 29.7 Å².